The van der Waals surface area contributed by atoms with E-state index in [0.29, 0.717) is 6.54 Å². The molecule has 1 aromatic carbocycles. The van der Waals surface area contributed by atoms with Crippen molar-refractivity contribution in [1.29, 1.82) is 0 Å². The van der Waals surface area contributed by atoms with Crippen LogP contribution in [0, 0.1) is 0 Å². The standard InChI is InChI=1S/C15H28N4/c1-17(2)10-11-19(5)15(12-16)13-6-8-14(9-7-13)18(3)4/h6-9,15H,10-12,16H2,1-5H3. The zero-order chi connectivity index (χ0) is 14.4. The third-order valence-electron chi connectivity index (χ3n) is 3.45. The molecule has 1 atom stereocenters. The van der Waals surface area contributed by atoms with Crippen molar-refractivity contribution in [2.45, 2.75) is 6.04 Å². The lowest BCUT2D eigenvalue weighted by Crippen LogP contribution is -2.35. The van der Waals surface area contributed by atoms with Crippen LogP contribution < -0.4 is 10.6 Å². The summed E-state index contributed by atoms with van der Waals surface area (Å²) >= 11 is 0. The van der Waals surface area contributed by atoms with Gasteiger partial charge in [-0.1, -0.05) is 12.1 Å². The maximum absolute atomic E-state index is 5.94. The Morgan fingerprint density at radius 2 is 1.53 bits per heavy atom. The first-order valence-electron chi connectivity index (χ1n) is 6.78. The minimum atomic E-state index is 0.288. The zero-order valence-electron chi connectivity index (χ0n) is 12.9. The quantitative estimate of drug-likeness (QED) is 0.804. The van der Waals surface area contributed by atoms with E-state index in [-0.39, 0.29) is 6.04 Å². The number of likely N-dealkylation sites (N-methyl/N-ethyl adjacent to an activating group) is 2. The van der Waals surface area contributed by atoms with Crippen LogP contribution in [0.2, 0.25) is 0 Å². The molecule has 0 amide bonds. The average molecular weight is 264 g/mol. The Hall–Kier alpha value is -1.10. The molecule has 4 heteroatoms. The van der Waals surface area contributed by atoms with Gasteiger partial charge in [0.2, 0.25) is 0 Å². The smallest absolute Gasteiger partial charge is 0.0467 e. The molecule has 0 saturated heterocycles. The van der Waals surface area contributed by atoms with Crippen molar-refractivity contribution in [3.63, 3.8) is 0 Å². The van der Waals surface area contributed by atoms with Crippen molar-refractivity contribution in [3.05, 3.63) is 29.8 Å². The summed E-state index contributed by atoms with van der Waals surface area (Å²) in [6.45, 7) is 2.71. The van der Waals surface area contributed by atoms with Crippen molar-refractivity contribution < 1.29 is 0 Å². The Morgan fingerprint density at radius 3 is 1.95 bits per heavy atom. The second-order valence-electron chi connectivity index (χ2n) is 5.52. The number of nitrogens with two attached hydrogens (primary N) is 1. The zero-order valence-corrected chi connectivity index (χ0v) is 12.9. The number of benzene rings is 1. The molecule has 0 spiro atoms. The molecule has 0 bridgehead atoms. The van der Waals surface area contributed by atoms with Gasteiger partial charge in [0.25, 0.3) is 0 Å². The molecular weight excluding hydrogens is 236 g/mol. The first-order valence-corrected chi connectivity index (χ1v) is 6.78. The van der Waals surface area contributed by atoms with Gasteiger partial charge in [-0.3, -0.25) is 4.90 Å². The van der Waals surface area contributed by atoms with E-state index >= 15 is 0 Å². The summed E-state index contributed by atoms with van der Waals surface area (Å²) < 4.78 is 0. The van der Waals surface area contributed by atoms with Gasteiger partial charge in [-0.2, -0.15) is 0 Å². The van der Waals surface area contributed by atoms with Gasteiger partial charge >= 0.3 is 0 Å². The summed E-state index contributed by atoms with van der Waals surface area (Å²) in [4.78, 5) is 6.63. The van der Waals surface area contributed by atoms with Gasteiger partial charge in [-0.05, 0) is 38.8 Å². The van der Waals surface area contributed by atoms with E-state index in [4.69, 9.17) is 5.73 Å². The second kappa shape index (κ2) is 7.48. The van der Waals surface area contributed by atoms with Crippen LogP contribution in [-0.4, -0.2) is 64.7 Å². The van der Waals surface area contributed by atoms with E-state index in [1.54, 1.807) is 0 Å². The molecule has 0 aliphatic carbocycles. The Bertz CT molecular complexity index is 359. The van der Waals surface area contributed by atoms with E-state index < -0.39 is 0 Å². The van der Waals surface area contributed by atoms with Crippen LogP contribution in [0.25, 0.3) is 0 Å². The minimum Gasteiger partial charge on any atom is -0.378 e. The molecule has 1 rings (SSSR count). The molecular formula is C15H28N4. The highest BCUT2D eigenvalue weighted by molar-refractivity contribution is 5.46. The molecule has 0 aliphatic heterocycles. The van der Waals surface area contributed by atoms with E-state index in [1.807, 2.05) is 0 Å². The third-order valence-corrected chi connectivity index (χ3v) is 3.45. The number of anilines is 1. The monoisotopic (exact) mass is 264 g/mol. The summed E-state index contributed by atoms with van der Waals surface area (Å²) in [5.41, 5.74) is 8.45. The molecule has 0 saturated carbocycles. The summed E-state index contributed by atoms with van der Waals surface area (Å²) in [5.74, 6) is 0. The van der Waals surface area contributed by atoms with Gasteiger partial charge in [-0.25, -0.2) is 0 Å². The molecule has 0 aromatic heterocycles. The first-order chi connectivity index (χ1) is 8.95. The largest absolute Gasteiger partial charge is 0.378 e. The van der Waals surface area contributed by atoms with Crippen LogP contribution in [0.5, 0.6) is 0 Å². The molecule has 4 nitrogen and oxygen atoms in total. The highest BCUT2D eigenvalue weighted by Crippen LogP contribution is 2.21. The normalized spacial score (nSPS) is 13.1. The fourth-order valence-electron chi connectivity index (χ4n) is 2.08. The van der Waals surface area contributed by atoms with Gasteiger partial charge in [0.15, 0.2) is 0 Å². The number of rotatable bonds is 7. The summed E-state index contributed by atoms with van der Waals surface area (Å²) in [6.07, 6.45) is 0. The van der Waals surface area contributed by atoms with E-state index in [2.05, 4.69) is 74.2 Å². The van der Waals surface area contributed by atoms with Gasteiger partial charge < -0.3 is 15.5 Å². The Kier molecular flexibility index (Phi) is 6.28. The molecule has 0 aliphatic rings. The van der Waals surface area contributed by atoms with Gasteiger partial charge in [-0.15, -0.1) is 0 Å². The van der Waals surface area contributed by atoms with Crippen molar-refractivity contribution in [2.24, 2.45) is 5.73 Å². The van der Waals surface area contributed by atoms with Crippen LogP contribution in [0.15, 0.2) is 24.3 Å². The molecule has 19 heavy (non-hydrogen) atoms. The lowest BCUT2D eigenvalue weighted by atomic mass is 10.1. The number of hydrogen-bond acceptors (Lipinski definition) is 4. The average Bonchev–Trinajstić information content (AvgIpc) is 2.37. The van der Waals surface area contributed by atoms with Crippen molar-refractivity contribution in [3.8, 4) is 0 Å². The molecule has 108 valence electrons. The lowest BCUT2D eigenvalue weighted by molar-refractivity contribution is 0.223. The Balaban J connectivity index is 2.73. The maximum atomic E-state index is 5.94. The van der Waals surface area contributed by atoms with Crippen LogP contribution in [0.4, 0.5) is 5.69 Å². The molecule has 0 heterocycles. The molecule has 0 radical (unpaired) electrons. The number of hydrogen-bond donors (Lipinski definition) is 1. The van der Waals surface area contributed by atoms with Crippen LogP contribution in [-0.2, 0) is 0 Å². The van der Waals surface area contributed by atoms with Crippen molar-refractivity contribution in [1.82, 2.24) is 9.80 Å². The SMILES string of the molecule is CN(C)CCN(C)C(CN)c1ccc(N(C)C)cc1. The molecule has 1 aromatic rings. The topological polar surface area (TPSA) is 35.7 Å². The highest BCUT2D eigenvalue weighted by Gasteiger charge is 2.15. The minimum absolute atomic E-state index is 0.288. The highest BCUT2D eigenvalue weighted by atomic mass is 15.2. The maximum Gasteiger partial charge on any atom is 0.0467 e. The van der Waals surface area contributed by atoms with Crippen molar-refractivity contribution >= 4 is 5.69 Å². The predicted octanol–water partition coefficient (Wildman–Crippen LogP) is 1.25. The fraction of sp³-hybridized carbons (Fsp3) is 0.600. The molecule has 1 unspecified atom stereocenters. The molecule has 0 fully saturated rings. The fourth-order valence-corrected chi connectivity index (χ4v) is 2.08. The van der Waals surface area contributed by atoms with E-state index in [9.17, 15) is 0 Å². The van der Waals surface area contributed by atoms with Gasteiger partial charge in [0.05, 0.1) is 0 Å². The summed E-state index contributed by atoms with van der Waals surface area (Å²) in [6, 6.07) is 8.95. The van der Waals surface area contributed by atoms with Crippen LogP contribution >= 0.6 is 0 Å². The van der Waals surface area contributed by atoms with E-state index in [1.165, 1.54) is 11.3 Å². The van der Waals surface area contributed by atoms with E-state index in [0.717, 1.165) is 13.1 Å². The first kappa shape index (κ1) is 16.0. The number of nitrogens with zero attached hydrogens (tertiary/aromatic N) is 3. The van der Waals surface area contributed by atoms with Crippen LogP contribution in [0.1, 0.15) is 11.6 Å². The molecule has 2 N–H and O–H groups in total. The Labute approximate surface area is 117 Å². The summed E-state index contributed by atoms with van der Waals surface area (Å²) in [5, 5.41) is 0. The second-order valence-corrected chi connectivity index (χ2v) is 5.52. The lowest BCUT2D eigenvalue weighted by Gasteiger charge is -2.28. The third kappa shape index (κ3) is 4.82. The van der Waals surface area contributed by atoms with Gasteiger partial charge in [0, 0.05) is 45.5 Å². The Morgan fingerprint density at radius 1 is 0.947 bits per heavy atom. The van der Waals surface area contributed by atoms with Crippen molar-refractivity contribution in [2.75, 3.05) is 59.8 Å². The summed E-state index contributed by atoms with van der Waals surface area (Å²) in [7, 11) is 10.4. The van der Waals surface area contributed by atoms with Crippen LogP contribution in [0.3, 0.4) is 0 Å². The predicted molar refractivity (Wildman–Crippen MR) is 83.7 cm³/mol. The van der Waals surface area contributed by atoms with Gasteiger partial charge in [0.1, 0.15) is 0 Å².